The molecule has 3 rings (SSSR count). The molecule has 0 aliphatic heterocycles. The Morgan fingerprint density at radius 2 is 1.76 bits per heavy atom. The number of hydrogen-bond acceptors (Lipinski definition) is 5. The van der Waals surface area contributed by atoms with Crippen LogP contribution in [-0.4, -0.2) is 53.3 Å². The van der Waals surface area contributed by atoms with Crippen LogP contribution in [0.1, 0.15) is 38.1 Å². The number of nitrogens with one attached hydrogen (secondary N) is 2. The molecule has 2 aromatic carbocycles. The van der Waals surface area contributed by atoms with Crippen LogP contribution in [0, 0.1) is 5.92 Å². The van der Waals surface area contributed by atoms with Gasteiger partial charge in [0.25, 0.3) is 11.8 Å². The van der Waals surface area contributed by atoms with Crippen LogP contribution in [0.3, 0.4) is 0 Å². The molecule has 0 radical (unpaired) electrons. The predicted octanol–water partition coefficient (Wildman–Crippen LogP) is 2.59. The molecule has 0 spiro atoms. The molecule has 1 aromatic heterocycles. The summed E-state index contributed by atoms with van der Waals surface area (Å²) in [7, 11) is -3.71. The number of hydrogen-bond donors (Lipinski definition) is 2. The third-order valence-corrected chi connectivity index (χ3v) is 7.41. The lowest BCUT2D eigenvalue weighted by Crippen LogP contribution is -2.48. The number of para-hydroxylation sites is 2. The third kappa shape index (κ3) is 5.23. The summed E-state index contributed by atoms with van der Waals surface area (Å²) in [5.41, 5.74) is 4.39. The van der Waals surface area contributed by atoms with Gasteiger partial charge >= 0.3 is 0 Å². The summed E-state index contributed by atoms with van der Waals surface area (Å²) in [4.78, 5) is 30.2. The van der Waals surface area contributed by atoms with E-state index in [0.717, 1.165) is 11.0 Å². The second kappa shape index (κ2) is 10.1. The lowest BCUT2D eigenvalue weighted by Gasteiger charge is -2.22. The van der Waals surface area contributed by atoms with Gasteiger partial charge < -0.3 is 5.32 Å². The van der Waals surface area contributed by atoms with Crippen molar-refractivity contribution in [3.05, 3.63) is 60.4 Å². The molecule has 0 saturated heterocycles. The monoisotopic (exact) mass is 471 g/mol. The zero-order valence-corrected chi connectivity index (χ0v) is 20.0. The van der Waals surface area contributed by atoms with Crippen molar-refractivity contribution >= 4 is 32.9 Å². The molecule has 3 aromatic rings. The summed E-state index contributed by atoms with van der Waals surface area (Å²) < 4.78 is 28.5. The van der Waals surface area contributed by atoms with Crippen LogP contribution in [0.25, 0.3) is 11.0 Å². The molecule has 10 heteroatoms. The number of aromatic nitrogens is 2. The number of nitrogens with zero attached hydrogens (tertiary/aromatic N) is 3. The number of amides is 2. The third-order valence-electron chi connectivity index (χ3n) is 5.36. The number of carbonyl (C=O) groups is 2. The molecule has 33 heavy (non-hydrogen) atoms. The van der Waals surface area contributed by atoms with Gasteiger partial charge in [-0.05, 0) is 36.2 Å². The Morgan fingerprint density at radius 1 is 1.06 bits per heavy atom. The van der Waals surface area contributed by atoms with Crippen molar-refractivity contribution in [2.24, 2.45) is 5.92 Å². The zero-order valence-electron chi connectivity index (χ0n) is 19.1. The minimum Gasteiger partial charge on any atom is -0.340 e. The van der Waals surface area contributed by atoms with E-state index in [0.29, 0.717) is 13.1 Å². The van der Waals surface area contributed by atoms with Crippen LogP contribution in [0.15, 0.2) is 59.8 Å². The standard InChI is InChI=1S/C23H29N5O4S/c1-5-27(6-2)33(31,32)18-11-9-10-17(14-18)22(29)25-21(16(3)4)23(30)26-28-15-24-19-12-7-8-13-20(19)28/h7-16,21H,5-6H2,1-4H3,(H,25,29)(H,26,30)/t21-/m1/s1. The maximum Gasteiger partial charge on any atom is 0.261 e. The molecule has 0 fully saturated rings. The highest BCUT2D eigenvalue weighted by molar-refractivity contribution is 7.89. The molecule has 0 bridgehead atoms. The lowest BCUT2D eigenvalue weighted by molar-refractivity contribution is -0.119. The van der Waals surface area contributed by atoms with E-state index in [-0.39, 0.29) is 16.4 Å². The fourth-order valence-corrected chi connectivity index (χ4v) is 5.01. The maximum atomic E-state index is 13.0. The normalized spacial score (nSPS) is 12.8. The van der Waals surface area contributed by atoms with Crippen LogP contribution >= 0.6 is 0 Å². The number of rotatable bonds is 9. The quantitative estimate of drug-likeness (QED) is 0.498. The van der Waals surface area contributed by atoms with Crippen LogP contribution in [0.5, 0.6) is 0 Å². The van der Waals surface area contributed by atoms with Gasteiger partial charge in [0.15, 0.2) is 0 Å². The first kappa shape index (κ1) is 24.4. The molecule has 0 aliphatic rings. The molecule has 176 valence electrons. The van der Waals surface area contributed by atoms with Gasteiger partial charge in [-0.1, -0.05) is 45.9 Å². The maximum absolute atomic E-state index is 13.0. The molecule has 2 amide bonds. The Labute approximate surface area is 193 Å². The Balaban J connectivity index is 1.80. The molecule has 0 unspecified atom stereocenters. The van der Waals surface area contributed by atoms with Crippen molar-refractivity contribution in [2.45, 2.75) is 38.6 Å². The van der Waals surface area contributed by atoms with Crippen LogP contribution in [0.2, 0.25) is 0 Å². The molecule has 9 nitrogen and oxygen atoms in total. The van der Waals surface area contributed by atoms with Crippen molar-refractivity contribution in [2.75, 3.05) is 18.5 Å². The average molecular weight is 472 g/mol. The second-order valence-electron chi connectivity index (χ2n) is 7.89. The van der Waals surface area contributed by atoms with Gasteiger partial charge in [0.1, 0.15) is 12.4 Å². The van der Waals surface area contributed by atoms with E-state index in [1.54, 1.807) is 13.8 Å². The number of carbonyl (C=O) groups excluding carboxylic acids is 2. The highest BCUT2D eigenvalue weighted by Crippen LogP contribution is 2.18. The predicted molar refractivity (Wildman–Crippen MR) is 127 cm³/mol. The molecule has 1 heterocycles. The summed E-state index contributed by atoms with van der Waals surface area (Å²) in [5, 5.41) is 2.74. The summed E-state index contributed by atoms with van der Waals surface area (Å²) in [6, 6.07) is 12.3. The van der Waals surface area contributed by atoms with Gasteiger partial charge in [0, 0.05) is 18.7 Å². The molecular formula is C23H29N5O4S. The van der Waals surface area contributed by atoms with Crippen molar-refractivity contribution < 1.29 is 18.0 Å². The van der Waals surface area contributed by atoms with Crippen molar-refractivity contribution in [1.82, 2.24) is 19.3 Å². The second-order valence-corrected chi connectivity index (χ2v) is 9.83. The topological polar surface area (TPSA) is 113 Å². The van der Waals surface area contributed by atoms with Gasteiger partial charge in [-0.15, -0.1) is 0 Å². The van der Waals surface area contributed by atoms with Gasteiger partial charge in [0.05, 0.1) is 15.9 Å². The highest BCUT2D eigenvalue weighted by Gasteiger charge is 2.27. The van der Waals surface area contributed by atoms with E-state index in [9.17, 15) is 18.0 Å². The molecule has 2 N–H and O–H groups in total. The molecule has 0 aliphatic carbocycles. The van der Waals surface area contributed by atoms with E-state index >= 15 is 0 Å². The lowest BCUT2D eigenvalue weighted by atomic mass is 10.0. The Morgan fingerprint density at radius 3 is 2.42 bits per heavy atom. The fraction of sp³-hybridized carbons (Fsp3) is 0.348. The summed E-state index contributed by atoms with van der Waals surface area (Å²) in [6.45, 7) is 7.80. The number of sulfonamides is 1. The largest absolute Gasteiger partial charge is 0.340 e. The Bertz CT molecular complexity index is 1250. The minimum absolute atomic E-state index is 0.0364. The van der Waals surface area contributed by atoms with E-state index in [4.69, 9.17) is 0 Å². The Kier molecular flexibility index (Phi) is 7.50. The zero-order chi connectivity index (χ0) is 24.2. The Hall–Kier alpha value is -3.24. The van der Waals surface area contributed by atoms with E-state index < -0.39 is 27.9 Å². The SMILES string of the molecule is CCN(CC)S(=O)(=O)c1cccc(C(=O)N[C@@H](C(=O)Nn2cnc3ccccc32)C(C)C)c1. The van der Waals surface area contributed by atoms with Gasteiger partial charge in [-0.3, -0.25) is 15.0 Å². The van der Waals surface area contributed by atoms with Crippen molar-refractivity contribution in [3.63, 3.8) is 0 Å². The highest BCUT2D eigenvalue weighted by atomic mass is 32.2. The first-order valence-corrected chi connectivity index (χ1v) is 12.3. The van der Waals surface area contributed by atoms with Crippen LogP contribution in [-0.2, 0) is 14.8 Å². The number of fused-ring (bicyclic) bond motifs is 1. The first-order chi connectivity index (χ1) is 15.7. The fourth-order valence-electron chi connectivity index (χ4n) is 3.51. The summed E-state index contributed by atoms with van der Waals surface area (Å²) in [5.74, 6) is -1.16. The number of imidazole rings is 1. The molecular weight excluding hydrogens is 442 g/mol. The number of benzene rings is 2. The average Bonchev–Trinajstić information content (AvgIpc) is 3.20. The van der Waals surface area contributed by atoms with Gasteiger partial charge in [-0.25, -0.2) is 18.1 Å². The first-order valence-electron chi connectivity index (χ1n) is 10.8. The van der Waals surface area contributed by atoms with Crippen LogP contribution < -0.4 is 10.7 Å². The molecule has 1 atom stereocenters. The van der Waals surface area contributed by atoms with Gasteiger partial charge in [-0.2, -0.15) is 4.31 Å². The smallest absolute Gasteiger partial charge is 0.261 e. The summed E-state index contributed by atoms with van der Waals surface area (Å²) >= 11 is 0. The van der Waals surface area contributed by atoms with E-state index in [2.05, 4.69) is 15.7 Å². The van der Waals surface area contributed by atoms with E-state index in [1.807, 2.05) is 38.1 Å². The minimum atomic E-state index is -3.71. The van der Waals surface area contributed by atoms with Gasteiger partial charge in [0.2, 0.25) is 10.0 Å². The molecule has 0 saturated carbocycles. The summed E-state index contributed by atoms with van der Waals surface area (Å²) in [6.07, 6.45) is 1.50. The van der Waals surface area contributed by atoms with Crippen molar-refractivity contribution in [3.8, 4) is 0 Å². The van der Waals surface area contributed by atoms with E-state index in [1.165, 1.54) is 39.6 Å². The van der Waals surface area contributed by atoms with Crippen LogP contribution in [0.4, 0.5) is 0 Å². The van der Waals surface area contributed by atoms with Crippen molar-refractivity contribution in [1.29, 1.82) is 0 Å².